The fourth-order valence-electron chi connectivity index (χ4n) is 1.57. The molecule has 0 heterocycles. The number of rotatable bonds is 6. The first kappa shape index (κ1) is 14.0. The zero-order valence-electron chi connectivity index (χ0n) is 10.5. The third-order valence-corrected chi connectivity index (χ3v) is 2.47. The van der Waals surface area contributed by atoms with Crippen molar-refractivity contribution in [3.63, 3.8) is 0 Å². The van der Waals surface area contributed by atoms with E-state index in [1.54, 1.807) is 0 Å². The number of nitriles is 1. The first-order chi connectivity index (χ1) is 7.10. The molecule has 0 aliphatic heterocycles. The van der Waals surface area contributed by atoms with Crippen LogP contribution in [0.1, 0.15) is 53.4 Å². The van der Waals surface area contributed by atoms with E-state index < -0.39 is 0 Å². The number of nitrogens with zero attached hydrogens (tertiary/aromatic N) is 1. The fourth-order valence-corrected chi connectivity index (χ4v) is 1.57. The van der Waals surface area contributed by atoms with Gasteiger partial charge in [-0.15, -0.1) is 0 Å². The Morgan fingerprint density at radius 1 is 1.33 bits per heavy atom. The lowest BCUT2D eigenvalue weighted by Gasteiger charge is -2.20. The SMILES string of the molecule is CC/C=C/C(C#N)(CC=C(C)C)CCC. The van der Waals surface area contributed by atoms with Crippen molar-refractivity contribution in [1.82, 2.24) is 0 Å². The first-order valence-corrected chi connectivity index (χ1v) is 5.82. The van der Waals surface area contributed by atoms with Crippen LogP contribution in [0.3, 0.4) is 0 Å². The Bertz CT molecular complexity index is 264. The third-order valence-electron chi connectivity index (χ3n) is 2.47. The largest absolute Gasteiger partial charge is 0.197 e. The van der Waals surface area contributed by atoms with E-state index in [0.717, 1.165) is 25.7 Å². The molecule has 0 aromatic heterocycles. The molecule has 0 aromatic rings. The molecule has 1 atom stereocenters. The van der Waals surface area contributed by atoms with Crippen LogP contribution in [0.2, 0.25) is 0 Å². The maximum atomic E-state index is 9.32. The summed E-state index contributed by atoms with van der Waals surface area (Å²) in [5, 5.41) is 9.32. The topological polar surface area (TPSA) is 23.8 Å². The third kappa shape index (κ3) is 5.42. The van der Waals surface area contributed by atoms with Crippen molar-refractivity contribution >= 4 is 0 Å². The van der Waals surface area contributed by atoms with Gasteiger partial charge in [0.1, 0.15) is 0 Å². The number of hydrogen-bond donors (Lipinski definition) is 0. The first-order valence-electron chi connectivity index (χ1n) is 5.82. The maximum Gasteiger partial charge on any atom is 0.0787 e. The quantitative estimate of drug-likeness (QED) is 0.580. The molecule has 0 aromatic carbocycles. The van der Waals surface area contributed by atoms with Gasteiger partial charge in [-0.1, -0.05) is 44.1 Å². The molecule has 1 unspecified atom stereocenters. The summed E-state index contributed by atoms with van der Waals surface area (Å²) < 4.78 is 0. The number of hydrogen-bond acceptors (Lipinski definition) is 1. The molecule has 0 aliphatic carbocycles. The highest BCUT2D eigenvalue weighted by Gasteiger charge is 2.23. The predicted molar refractivity (Wildman–Crippen MR) is 66.4 cm³/mol. The minimum atomic E-state index is -0.276. The molecule has 0 saturated carbocycles. The van der Waals surface area contributed by atoms with Crippen LogP contribution in [0.25, 0.3) is 0 Å². The van der Waals surface area contributed by atoms with E-state index in [1.807, 2.05) is 0 Å². The van der Waals surface area contributed by atoms with Crippen molar-refractivity contribution < 1.29 is 0 Å². The summed E-state index contributed by atoms with van der Waals surface area (Å²) in [6, 6.07) is 2.48. The van der Waals surface area contributed by atoms with E-state index in [9.17, 15) is 5.26 Å². The molecule has 0 fully saturated rings. The van der Waals surface area contributed by atoms with E-state index in [0.29, 0.717) is 0 Å². The summed E-state index contributed by atoms with van der Waals surface area (Å²) in [5.74, 6) is 0. The van der Waals surface area contributed by atoms with Gasteiger partial charge in [0.05, 0.1) is 11.5 Å². The van der Waals surface area contributed by atoms with Crippen LogP contribution < -0.4 is 0 Å². The normalized spacial score (nSPS) is 14.6. The molecule has 1 heteroatoms. The van der Waals surface area contributed by atoms with Gasteiger partial charge in [-0.3, -0.25) is 0 Å². The Kier molecular flexibility index (Phi) is 6.79. The van der Waals surface area contributed by atoms with E-state index in [1.165, 1.54) is 5.57 Å². The second-order valence-electron chi connectivity index (χ2n) is 4.31. The molecule has 0 amide bonds. The zero-order valence-corrected chi connectivity index (χ0v) is 10.5. The summed E-state index contributed by atoms with van der Waals surface area (Å²) in [6.07, 6.45) is 10.2. The van der Waals surface area contributed by atoms with E-state index in [2.05, 4.69) is 52.0 Å². The second-order valence-corrected chi connectivity index (χ2v) is 4.31. The lowest BCUT2D eigenvalue weighted by atomic mass is 9.80. The fraction of sp³-hybridized carbons (Fsp3) is 0.643. The van der Waals surface area contributed by atoms with Gasteiger partial charge in [0, 0.05) is 0 Å². The maximum absolute atomic E-state index is 9.32. The smallest absolute Gasteiger partial charge is 0.0787 e. The van der Waals surface area contributed by atoms with Crippen molar-refractivity contribution in [3.8, 4) is 6.07 Å². The van der Waals surface area contributed by atoms with Crippen molar-refractivity contribution in [1.29, 1.82) is 5.26 Å². The van der Waals surface area contributed by atoms with Gasteiger partial charge in [-0.05, 0) is 33.1 Å². The average Bonchev–Trinajstić information content (AvgIpc) is 2.22. The summed E-state index contributed by atoms with van der Waals surface area (Å²) >= 11 is 0. The Hall–Kier alpha value is -1.03. The monoisotopic (exact) mass is 205 g/mol. The van der Waals surface area contributed by atoms with Gasteiger partial charge in [0.2, 0.25) is 0 Å². The minimum absolute atomic E-state index is 0.276. The Morgan fingerprint density at radius 2 is 2.00 bits per heavy atom. The molecule has 15 heavy (non-hydrogen) atoms. The number of allylic oxidation sites excluding steroid dienone is 4. The van der Waals surface area contributed by atoms with E-state index in [4.69, 9.17) is 0 Å². The van der Waals surface area contributed by atoms with Crippen LogP contribution in [-0.2, 0) is 0 Å². The molecule has 0 N–H and O–H groups in total. The molecule has 1 nitrogen and oxygen atoms in total. The van der Waals surface area contributed by atoms with Gasteiger partial charge >= 0.3 is 0 Å². The second kappa shape index (κ2) is 7.29. The Labute approximate surface area is 94.5 Å². The molecule has 84 valence electrons. The standard InChI is InChI=1S/C14H23N/c1-5-7-10-14(12-15,9-6-2)11-8-13(3)4/h7-8,10H,5-6,9,11H2,1-4H3/b10-7+. The minimum Gasteiger partial charge on any atom is -0.197 e. The van der Waals surface area contributed by atoms with E-state index in [-0.39, 0.29) is 5.41 Å². The molecule has 0 aliphatic rings. The molecule has 0 spiro atoms. The Balaban J connectivity index is 4.74. The highest BCUT2D eigenvalue weighted by Crippen LogP contribution is 2.30. The predicted octanol–water partition coefficient (Wildman–Crippen LogP) is 4.62. The van der Waals surface area contributed by atoms with Crippen LogP contribution in [0.5, 0.6) is 0 Å². The van der Waals surface area contributed by atoms with Gasteiger partial charge in [-0.25, -0.2) is 0 Å². The summed E-state index contributed by atoms with van der Waals surface area (Å²) in [5.41, 5.74) is 1.01. The van der Waals surface area contributed by atoms with E-state index >= 15 is 0 Å². The van der Waals surface area contributed by atoms with Crippen molar-refractivity contribution in [2.75, 3.05) is 0 Å². The zero-order chi connectivity index (χ0) is 11.7. The van der Waals surface area contributed by atoms with Crippen LogP contribution in [0, 0.1) is 16.7 Å². The molecule has 0 radical (unpaired) electrons. The summed E-state index contributed by atoms with van der Waals surface area (Å²) in [6.45, 7) is 8.40. The van der Waals surface area contributed by atoms with Crippen LogP contribution in [0.4, 0.5) is 0 Å². The lowest BCUT2D eigenvalue weighted by molar-refractivity contribution is 0.461. The highest BCUT2D eigenvalue weighted by molar-refractivity contribution is 5.16. The highest BCUT2D eigenvalue weighted by atomic mass is 14.3. The van der Waals surface area contributed by atoms with Crippen molar-refractivity contribution in [3.05, 3.63) is 23.8 Å². The molecule has 0 bridgehead atoms. The van der Waals surface area contributed by atoms with Gasteiger partial charge in [0.25, 0.3) is 0 Å². The molecule has 0 rings (SSSR count). The molecular formula is C14H23N. The van der Waals surface area contributed by atoms with Gasteiger partial charge in [0.15, 0.2) is 0 Å². The van der Waals surface area contributed by atoms with Gasteiger partial charge < -0.3 is 0 Å². The summed E-state index contributed by atoms with van der Waals surface area (Å²) in [7, 11) is 0. The van der Waals surface area contributed by atoms with Crippen molar-refractivity contribution in [2.45, 2.75) is 53.4 Å². The molecule has 0 saturated heterocycles. The lowest BCUT2D eigenvalue weighted by Crippen LogP contribution is -2.14. The van der Waals surface area contributed by atoms with Crippen molar-refractivity contribution in [2.24, 2.45) is 5.41 Å². The summed E-state index contributed by atoms with van der Waals surface area (Å²) in [4.78, 5) is 0. The van der Waals surface area contributed by atoms with Crippen LogP contribution >= 0.6 is 0 Å². The van der Waals surface area contributed by atoms with Crippen LogP contribution in [0.15, 0.2) is 23.8 Å². The molecular weight excluding hydrogens is 182 g/mol. The Morgan fingerprint density at radius 3 is 2.40 bits per heavy atom. The van der Waals surface area contributed by atoms with Gasteiger partial charge in [-0.2, -0.15) is 5.26 Å². The average molecular weight is 205 g/mol. The van der Waals surface area contributed by atoms with Crippen LogP contribution in [-0.4, -0.2) is 0 Å².